The van der Waals surface area contributed by atoms with Crippen molar-refractivity contribution in [1.82, 2.24) is 24.7 Å². The second-order valence-corrected chi connectivity index (χ2v) is 7.44. The molecule has 1 aromatic carbocycles. The molecular formula is C23H19F3N6O. The summed E-state index contributed by atoms with van der Waals surface area (Å²) in [5.41, 5.74) is 2.57. The summed E-state index contributed by atoms with van der Waals surface area (Å²) in [7, 11) is 1.85. The molecule has 1 amide bonds. The molecule has 0 aliphatic rings. The first-order chi connectivity index (χ1) is 15.8. The molecule has 0 atom stereocenters. The van der Waals surface area contributed by atoms with Gasteiger partial charge in [0.25, 0.3) is 0 Å². The number of pyridine rings is 1. The van der Waals surface area contributed by atoms with Crippen molar-refractivity contribution in [2.45, 2.75) is 19.0 Å². The summed E-state index contributed by atoms with van der Waals surface area (Å²) in [6, 6.07) is 8.88. The third-order valence-corrected chi connectivity index (χ3v) is 4.83. The predicted octanol–water partition coefficient (Wildman–Crippen LogP) is 4.06. The number of benzene rings is 1. The highest BCUT2D eigenvalue weighted by atomic mass is 19.4. The number of nitrogens with zero attached hydrogens (tertiary/aromatic N) is 5. The summed E-state index contributed by atoms with van der Waals surface area (Å²) < 4.78 is 40.1. The van der Waals surface area contributed by atoms with E-state index in [9.17, 15) is 18.0 Å². The monoisotopic (exact) mass is 452 g/mol. The quantitative estimate of drug-likeness (QED) is 0.477. The van der Waals surface area contributed by atoms with Gasteiger partial charge in [-0.05, 0) is 28.8 Å². The zero-order valence-electron chi connectivity index (χ0n) is 17.5. The van der Waals surface area contributed by atoms with E-state index in [4.69, 9.17) is 0 Å². The zero-order chi connectivity index (χ0) is 23.4. The molecule has 0 saturated heterocycles. The first-order valence-electron chi connectivity index (χ1n) is 9.97. The van der Waals surface area contributed by atoms with E-state index < -0.39 is 17.6 Å². The lowest BCUT2D eigenvalue weighted by Gasteiger charge is -2.09. The standard InChI is InChI=1S/C23H19F3N6O/c1-32-14-16(11-30-32)8-20-28-12-18(13-29-20)17-4-2-15(3-5-17)9-22(33)31-21-10-19(6-7-27-21)23(24,25)26/h2-7,10-14H,8-9H2,1H3,(H,27,31,33). The van der Waals surface area contributed by atoms with Gasteiger partial charge in [-0.3, -0.25) is 9.48 Å². The van der Waals surface area contributed by atoms with E-state index in [0.29, 0.717) is 17.8 Å². The predicted molar refractivity (Wildman–Crippen MR) is 115 cm³/mol. The molecule has 0 radical (unpaired) electrons. The molecule has 0 fully saturated rings. The number of anilines is 1. The average Bonchev–Trinajstić information content (AvgIpc) is 3.19. The molecule has 3 aromatic heterocycles. The van der Waals surface area contributed by atoms with E-state index >= 15 is 0 Å². The number of aromatic nitrogens is 5. The van der Waals surface area contributed by atoms with Crippen molar-refractivity contribution in [2.24, 2.45) is 7.05 Å². The Hall–Kier alpha value is -4.08. The number of halogens is 3. The number of hydrogen-bond acceptors (Lipinski definition) is 5. The minimum absolute atomic E-state index is 0.00124. The molecule has 7 nitrogen and oxygen atoms in total. The highest BCUT2D eigenvalue weighted by Crippen LogP contribution is 2.30. The lowest BCUT2D eigenvalue weighted by molar-refractivity contribution is -0.137. The normalized spacial score (nSPS) is 11.4. The van der Waals surface area contributed by atoms with Crippen molar-refractivity contribution in [2.75, 3.05) is 5.32 Å². The van der Waals surface area contributed by atoms with Gasteiger partial charge in [-0.15, -0.1) is 0 Å². The van der Waals surface area contributed by atoms with Gasteiger partial charge in [0.2, 0.25) is 5.91 Å². The molecule has 3 heterocycles. The maximum Gasteiger partial charge on any atom is 0.416 e. The Bertz CT molecular complexity index is 1250. The Morgan fingerprint density at radius 3 is 2.33 bits per heavy atom. The highest BCUT2D eigenvalue weighted by Gasteiger charge is 2.30. The van der Waals surface area contributed by atoms with Crippen molar-refractivity contribution in [3.05, 3.63) is 89.9 Å². The topological polar surface area (TPSA) is 85.6 Å². The van der Waals surface area contributed by atoms with Gasteiger partial charge in [0, 0.05) is 43.8 Å². The molecule has 0 aliphatic heterocycles. The molecule has 10 heteroatoms. The smallest absolute Gasteiger partial charge is 0.310 e. The third-order valence-electron chi connectivity index (χ3n) is 4.83. The van der Waals surface area contributed by atoms with Crippen LogP contribution in [0.25, 0.3) is 11.1 Å². The number of nitrogens with one attached hydrogen (secondary N) is 1. The van der Waals surface area contributed by atoms with E-state index in [0.717, 1.165) is 35.0 Å². The SMILES string of the molecule is Cn1cc(Cc2ncc(-c3ccc(CC(=O)Nc4cc(C(F)(F)F)ccn4)cc3)cn2)cn1. The van der Waals surface area contributed by atoms with E-state index in [-0.39, 0.29) is 12.2 Å². The Morgan fingerprint density at radius 1 is 0.970 bits per heavy atom. The van der Waals surface area contributed by atoms with Crippen molar-refractivity contribution < 1.29 is 18.0 Å². The van der Waals surface area contributed by atoms with Crippen molar-refractivity contribution in [3.63, 3.8) is 0 Å². The van der Waals surface area contributed by atoms with Gasteiger partial charge in [-0.1, -0.05) is 24.3 Å². The van der Waals surface area contributed by atoms with Gasteiger partial charge in [-0.25, -0.2) is 15.0 Å². The number of rotatable bonds is 6. The lowest BCUT2D eigenvalue weighted by Crippen LogP contribution is -2.16. The van der Waals surface area contributed by atoms with Crippen LogP contribution in [0.2, 0.25) is 0 Å². The van der Waals surface area contributed by atoms with Gasteiger partial charge in [0.05, 0.1) is 18.2 Å². The summed E-state index contributed by atoms with van der Waals surface area (Å²) >= 11 is 0. The van der Waals surface area contributed by atoms with Gasteiger partial charge in [-0.2, -0.15) is 18.3 Å². The maximum atomic E-state index is 12.8. The van der Waals surface area contributed by atoms with Gasteiger partial charge < -0.3 is 5.32 Å². The van der Waals surface area contributed by atoms with Crippen LogP contribution < -0.4 is 5.32 Å². The third kappa shape index (κ3) is 5.79. The Morgan fingerprint density at radius 2 is 1.70 bits per heavy atom. The van der Waals surface area contributed by atoms with E-state index in [2.05, 4.69) is 25.4 Å². The van der Waals surface area contributed by atoms with E-state index in [1.54, 1.807) is 35.4 Å². The molecule has 0 bridgehead atoms. The minimum atomic E-state index is -4.50. The summed E-state index contributed by atoms with van der Waals surface area (Å²) in [4.78, 5) is 24.8. The minimum Gasteiger partial charge on any atom is -0.310 e. The van der Waals surface area contributed by atoms with E-state index in [1.807, 2.05) is 25.4 Å². The van der Waals surface area contributed by atoms with Gasteiger partial charge in [0.15, 0.2) is 0 Å². The molecule has 33 heavy (non-hydrogen) atoms. The van der Waals surface area contributed by atoms with Crippen LogP contribution in [0.5, 0.6) is 0 Å². The fourth-order valence-electron chi connectivity index (χ4n) is 3.20. The first kappa shape index (κ1) is 22.1. The first-order valence-corrected chi connectivity index (χ1v) is 9.97. The van der Waals surface area contributed by atoms with Crippen LogP contribution in [0.1, 0.15) is 22.5 Å². The molecule has 0 unspecified atom stereocenters. The largest absolute Gasteiger partial charge is 0.416 e. The molecule has 168 valence electrons. The van der Waals surface area contributed by atoms with Crippen LogP contribution in [0.4, 0.5) is 19.0 Å². The highest BCUT2D eigenvalue weighted by molar-refractivity contribution is 5.91. The van der Waals surface area contributed by atoms with Crippen LogP contribution >= 0.6 is 0 Å². The fourth-order valence-corrected chi connectivity index (χ4v) is 3.20. The second kappa shape index (κ2) is 9.19. The van der Waals surface area contributed by atoms with Crippen LogP contribution in [0.15, 0.2) is 67.4 Å². The van der Waals surface area contributed by atoms with Gasteiger partial charge >= 0.3 is 6.18 Å². The molecular weight excluding hydrogens is 433 g/mol. The van der Waals surface area contributed by atoms with Crippen molar-refractivity contribution in [1.29, 1.82) is 0 Å². The van der Waals surface area contributed by atoms with Gasteiger partial charge in [0.1, 0.15) is 11.6 Å². The Labute approximate surface area is 187 Å². The maximum absolute atomic E-state index is 12.8. The Balaban J connectivity index is 1.36. The van der Waals surface area contributed by atoms with Crippen LogP contribution in [-0.4, -0.2) is 30.6 Å². The number of hydrogen-bond donors (Lipinski definition) is 1. The second-order valence-electron chi connectivity index (χ2n) is 7.44. The summed E-state index contributed by atoms with van der Waals surface area (Å²) in [5.74, 6) is 0.0795. The fraction of sp³-hybridized carbons (Fsp3) is 0.174. The average molecular weight is 452 g/mol. The number of aryl methyl sites for hydroxylation is 1. The summed E-state index contributed by atoms with van der Waals surface area (Å²) in [5, 5.41) is 6.53. The Kier molecular flexibility index (Phi) is 6.16. The van der Waals surface area contributed by atoms with Crippen LogP contribution in [0.3, 0.4) is 0 Å². The molecule has 1 N–H and O–H groups in total. The molecule has 0 saturated carbocycles. The number of carbonyl (C=O) groups is 1. The van der Waals surface area contributed by atoms with Crippen molar-refractivity contribution in [3.8, 4) is 11.1 Å². The number of carbonyl (C=O) groups excluding carboxylic acids is 1. The van der Waals surface area contributed by atoms with Crippen molar-refractivity contribution >= 4 is 11.7 Å². The van der Waals surface area contributed by atoms with Crippen LogP contribution in [0, 0.1) is 0 Å². The van der Waals surface area contributed by atoms with E-state index in [1.165, 1.54) is 0 Å². The number of alkyl halides is 3. The summed E-state index contributed by atoms with van der Waals surface area (Å²) in [6.45, 7) is 0. The molecule has 0 aliphatic carbocycles. The molecule has 4 rings (SSSR count). The zero-order valence-corrected chi connectivity index (χ0v) is 17.5. The summed E-state index contributed by atoms with van der Waals surface area (Å²) in [6.07, 6.45) is 4.25. The molecule has 4 aromatic rings. The lowest BCUT2D eigenvalue weighted by atomic mass is 10.0. The number of amides is 1. The van der Waals surface area contributed by atoms with Crippen LogP contribution in [-0.2, 0) is 30.9 Å². The molecule has 0 spiro atoms.